The maximum atomic E-state index is 14.7. The molecule has 3 heterocycles. The van der Waals surface area contributed by atoms with Gasteiger partial charge in [0.2, 0.25) is 0 Å². The summed E-state index contributed by atoms with van der Waals surface area (Å²) in [4.78, 5) is 29.7. The molecule has 0 spiro atoms. The van der Waals surface area contributed by atoms with E-state index in [0.29, 0.717) is 69.2 Å². The third-order valence-corrected chi connectivity index (χ3v) is 6.69. The number of urea groups is 1. The molecule has 11 nitrogen and oxygen atoms in total. The van der Waals surface area contributed by atoms with E-state index >= 15 is 0 Å². The van der Waals surface area contributed by atoms with E-state index in [-0.39, 0.29) is 29.8 Å². The molecule has 2 atom stereocenters. The summed E-state index contributed by atoms with van der Waals surface area (Å²) in [6.45, 7) is 5.48. The van der Waals surface area contributed by atoms with Crippen LogP contribution in [0.15, 0.2) is 24.7 Å². The van der Waals surface area contributed by atoms with Crippen LogP contribution in [0, 0.1) is 11.6 Å². The van der Waals surface area contributed by atoms with Crippen LogP contribution in [0.3, 0.4) is 0 Å². The lowest BCUT2D eigenvalue weighted by atomic mass is 9.91. The van der Waals surface area contributed by atoms with E-state index < -0.39 is 11.6 Å². The van der Waals surface area contributed by atoms with Crippen molar-refractivity contribution in [2.75, 3.05) is 58.6 Å². The first-order chi connectivity index (χ1) is 19.4. The van der Waals surface area contributed by atoms with Crippen molar-refractivity contribution < 1.29 is 27.8 Å². The fraction of sp³-hybridized carbons (Fsp3) is 0.556. The lowest BCUT2D eigenvalue weighted by Crippen LogP contribution is -2.47. The fourth-order valence-electron chi connectivity index (χ4n) is 4.58. The maximum Gasteiger partial charge on any atom is 0.317 e. The highest BCUT2D eigenvalue weighted by Crippen LogP contribution is 2.28. The predicted octanol–water partition coefficient (Wildman–Crippen LogP) is 3.73. The normalized spacial score (nSPS) is 17.2. The molecule has 4 rings (SSSR count). The average Bonchev–Trinajstić information content (AvgIpc) is 3.36. The Morgan fingerprint density at radius 1 is 1.07 bits per heavy atom. The van der Waals surface area contributed by atoms with Gasteiger partial charge in [-0.2, -0.15) is 0 Å². The number of halogens is 2. The number of amides is 2. The zero-order valence-corrected chi connectivity index (χ0v) is 22.9. The zero-order chi connectivity index (χ0) is 28.3. The number of nitrogens with one attached hydrogen (secondary N) is 3. The summed E-state index contributed by atoms with van der Waals surface area (Å²) in [6.07, 6.45) is 6.97. The number of fused-ring (bicyclic) bond motifs is 1. The number of carbonyl (C=O) groups excluding carboxylic acids is 1. The first kappa shape index (κ1) is 29.6. The van der Waals surface area contributed by atoms with Crippen molar-refractivity contribution in [1.82, 2.24) is 30.2 Å². The standard InChI is InChI=1S/C27H37F2N7O4/c1-3-38-9-10-40-12-11-39-8-7-36(2)27(37)34-20-6-4-5-19(14-20)33-26-23(29)17-32-25(35-26)22-16-31-24-21(22)13-18(28)15-30-24/h13,15-17,19-20H,3-12,14H2,1-2H3,(H,30,31)(H,34,37)(H,32,33,35)/t19-,20+/m1/s1. The third-order valence-electron chi connectivity index (χ3n) is 6.69. The van der Waals surface area contributed by atoms with Crippen molar-refractivity contribution in [3.05, 3.63) is 36.3 Å². The summed E-state index contributed by atoms with van der Waals surface area (Å²) < 4.78 is 44.5. The van der Waals surface area contributed by atoms with Gasteiger partial charge in [0.1, 0.15) is 11.5 Å². The Labute approximate surface area is 232 Å². The molecular weight excluding hydrogens is 524 g/mol. The van der Waals surface area contributed by atoms with Gasteiger partial charge in [-0.05, 0) is 38.7 Å². The minimum absolute atomic E-state index is 0.0621. The summed E-state index contributed by atoms with van der Waals surface area (Å²) in [7, 11) is 1.72. The number of rotatable bonds is 14. The van der Waals surface area contributed by atoms with E-state index in [1.807, 2.05) is 6.92 Å². The zero-order valence-electron chi connectivity index (χ0n) is 22.9. The maximum absolute atomic E-state index is 14.7. The first-order valence-electron chi connectivity index (χ1n) is 13.6. The quantitative estimate of drug-likeness (QED) is 0.254. The molecule has 0 aliphatic heterocycles. The molecular formula is C27H37F2N7O4. The molecule has 0 unspecified atom stereocenters. The second-order valence-corrected chi connectivity index (χ2v) is 9.64. The number of hydrogen-bond donors (Lipinski definition) is 3. The molecule has 2 amide bonds. The summed E-state index contributed by atoms with van der Waals surface area (Å²) in [5.74, 6) is -0.750. The first-order valence-corrected chi connectivity index (χ1v) is 13.6. The van der Waals surface area contributed by atoms with Gasteiger partial charge in [-0.1, -0.05) is 0 Å². The summed E-state index contributed by atoms with van der Waals surface area (Å²) in [6, 6.07) is 1.01. The lowest BCUT2D eigenvalue weighted by Gasteiger charge is -2.32. The number of pyridine rings is 1. The Bertz CT molecular complexity index is 1240. The van der Waals surface area contributed by atoms with Crippen molar-refractivity contribution in [3.8, 4) is 11.4 Å². The largest absolute Gasteiger partial charge is 0.379 e. The van der Waals surface area contributed by atoms with Crippen molar-refractivity contribution >= 4 is 22.9 Å². The van der Waals surface area contributed by atoms with Gasteiger partial charge >= 0.3 is 6.03 Å². The van der Waals surface area contributed by atoms with Crippen LogP contribution >= 0.6 is 0 Å². The van der Waals surface area contributed by atoms with Gasteiger partial charge in [-0.15, -0.1) is 0 Å². The molecule has 1 fully saturated rings. The van der Waals surface area contributed by atoms with Gasteiger partial charge in [-0.25, -0.2) is 28.5 Å². The molecule has 218 valence electrons. The van der Waals surface area contributed by atoms with E-state index in [0.717, 1.165) is 31.7 Å². The van der Waals surface area contributed by atoms with E-state index in [4.69, 9.17) is 14.2 Å². The second kappa shape index (κ2) is 14.8. The van der Waals surface area contributed by atoms with Gasteiger partial charge in [0.25, 0.3) is 0 Å². The van der Waals surface area contributed by atoms with Gasteiger partial charge in [0.05, 0.1) is 45.4 Å². The minimum atomic E-state index is -0.585. The number of nitrogens with zero attached hydrogens (tertiary/aromatic N) is 4. The van der Waals surface area contributed by atoms with Crippen LogP contribution in [0.5, 0.6) is 0 Å². The Morgan fingerprint density at radius 3 is 2.62 bits per heavy atom. The Kier molecular flexibility index (Phi) is 11.0. The third kappa shape index (κ3) is 8.29. The molecule has 0 saturated heterocycles. The number of hydrogen-bond acceptors (Lipinski definition) is 8. The topological polar surface area (TPSA) is 127 Å². The number of aromatic amines is 1. The summed E-state index contributed by atoms with van der Waals surface area (Å²) in [5, 5.41) is 6.76. The van der Waals surface area contributed by atoms with Crippen molar-refractivity contribution in [2.45, 2.75) is 44.7 Å². The van der Waals surface area contributed by atoms with Crippen LogP contribution in [0.1, 0.15) is 32.6 Å². The highest BCUT2D eigenvalue weighted by molar-refractivity contribution is 5.91. The smallest absolute Gasteiger partial charge is 0.317 e. The average molecular weight is 562 g/mol. The van der Waals surface area contributed by atoms with Crippen LogP contribution in [-0.4, -0.2) is 96.2 Å². The fourth-order valence-corrected chi connectivity index (χ4v) is 4.58. The molecule has 0 aromatic carbocycles. The van der Waals surface area contributed by atoms with Crippen molar-refractivity contribution in [2.24, 2.45) is 0 Å². The predicted molar refractivity (Wildman–Crippen MR) is 146 cm³/mol. The lowest BCUT2D eigenvalue weighted by molar-refractivity contribution is 0.0149. The van der Waals surface area contributed by atoms with Crippen molar-refractivity contribution in [3.63, 3.8) is 0 Å². The molecule has 0 bridgehead atoms. The number of anilines is 1. The molecule has 1 aliphatic carbocycles. The molecule has 40 heavy (non-hydrogen) atoms. The van der Waals surface area contributed by atoms with Crippen LogP contribution in [0.2, 0.25) is 0 Å². The number of aromatic nitrogens is 4. The summed E-state index contributed by atoms with van der Waals surface area (Å²) >= 11 is 0. The Hall–Kier alpha value is -3.42. The molecule has 0 radical (unpaired) electrons. The monoisotopic (exact) mass is 561 g/mol. The van der Waals surface area contributed by atoms with E-state index in [2.05, 4.69) is 30.6 Å². The number of carbonyl (C=O) groups is 1. The van der Waals surface area contributed by atoms with Crippen molar-refractivity contribution in [1.29, 1.82) is 0 Å². The van der Waals surface area contributed by atoms with Gasteiger partial charge in [-0.3, -0.25) is 0 Å². The molecule has 3 aromatic rings. The highest BCUT2D eigenvalue weighted by atomic mass is 19.1. The molecule has 1 saturated carbocycles. The number of likely N-dealkylation sites (N-methyl/N-ethyl adjacent to an activating group) is 1. The number of H-pyrrole nitrogens is 1. The van der Waals surface area contributed by atoms with Crippen LogP contribution < -0.4 is 10.6 Å². The van der Waals surface area contributed by atoms with Crippen LogP contribution in [0.4, 0.5) is 19.4 Å². The van der Waals surface area contributed by atoms with Gasteiger partial charge < -0.3 is 34.7 Å². The molecule has 3 aromatic heterocycles. The minimum Gasteiger partial charge on any atom is -0.379 e. The summed E-state index contributed by atoms with van der Waals surface area (Å²) in [5.41, 5.74) is 1.02. The number of ether oxygens (including phenoxy) is 3. The Balaban J connectivity index is 1.24. The highest BCUT2D eigenvalue weighted by Gasteiger charge is 2.25. The second-order valence-electron chi connectivity index (χ2n) is 9.64. The molecule has 3 N–H and O–H groups in total. The van der Waals surface area contributed by atoms with Crippen LogP contribution in [0.25, 0.3) is 22.4 Å². The van der Waals surface area contributed by atoms with Gasteiger partial charge in [0.15, 0.2) is 17.5 Å². The van der Waals surface area contributed by atoms with Crippen LogP contribution in [-0.2, 0) is 14.2 Å². The van der Waals surface area contributed by atoms with Gasteiger partial charge in [0, 0.05) is 49.4 Å². The van der Waals surface area contributed by atoms with E-state index in [1.165, 1.54) is 6.07 Å². The Morgan fingerprint density at radius 2 is 1.82 bits per heavy atom. The SMILES string of the molecule is CCOCCOCCOCCN(C)C(=O)N[C@H]1CCC[C@@H](Nc2nc(-c3c[nH]c4ncc(F)cc34)ncc2F)C1. The molecule has 1 aliphatic rings. The van der Waals surface area contributed by atoms with E-state index in [1.54, 1.807) is 18.1 Å². The molecule has 13 heteroatoms. The van der Waals surface area contributed by atoms with E-state index in [9.17, 15) is 13.6 Å².